The minimum atomic E-state index is -4.40. The van der Waals surface area contributed by atoms with Gasteiger partial charge in [0.2, 0.25) is 0 Å². The quantitative estimate of drug-likeness (QED) is 0.550. The van der Waals surface area contributed by atoms with Gasteiger partial charge in [0.1, 0.15) is 18.8 Å². The predicted molar refractivity (Wildman–Crippen MR) is 112 cm³/mol. The van der Waals surface area contributed by atoms with Crippen molar-refractivity contribution in [3.8, 4) is 0 Å². The minimum Gasteiger partial charge on any atom is -0.363 e. The lowest BCUT2D eigenvalue weighted by molar-refractivity contribution is -0.138. The van der Waals surface area contributed by atoms with E-state index >= 15 is 0 Å². The van der Waals surface area contributed by atoms with E-state index in [1.807, 2.05) is 0 Å². The van der Waals surface area contributed by atoms with Gasteiger partial charge >= 0.3 is 6.18 Å². The van der Waals surface area contributed by atoms with Crippen molar-refractivity contribution in [2.24, 2.45) is 0 Å². The number of benzene rings is 2. The van der Waals surface area contributed by atoms with Gasteiger partial charge in [0, 0.05) is 10.7 Å². The third-order valence-electron chi connectivity index (χ3n) is 4.91. The molecule has 0 saturated heterocycles. The molecule has 0 aliphatic rings. The van der Waals surface area contributed by atoms with E-state index in [-0.39, 0.29) is 5.56 Å². The second-order valence-corrected chi connectivity index (χ2v) is 10.8. The van der Waals surface area contributed by atoms with E-state index in [1.165, 1.54) is 13.0 Å². The summed E-state index contributed by atoms with van der Waals surface area (Å²) in [6.07, 6.45) is -4.40. The van der Waals surface area contributed by atoms with Crippen LogP contribution in [-0.2, 0) is 10.7 Å². The van der Waals surface area contributed by atoms with Crippen molar-refractivity contribution in [3.05, 3.63) is 58.9 Å². The van der Waals surface area contributed by atoms with Gasteiger partial charge in [-0.15, -0.1) is 0 Å². The molecule has 3 rings (SSSR count). The van der Waals surface area contributed by atoms with Crippen LogP contribution in [0.4, 0.5) is 19.0 Å². The lowest BCUT2D eigenvalue weighted by atomic mass is 9.97. The van der Waals surface area contributed by atoms with Crippen LogP contribution in [0, 0.1) is 13.8 Å². The molecule has 154 valence electrons. The van der Waals surface area contributed by atoms with Gasteiger partial charge in [-0.2, -0.15) is 13.2 Å². The Morgan fingerprint density at radius 2 is 1.76 bits per heavy atom. The van der Waals surface area contributed by atoms with E-state index in [4.69, 9.17) is 0 Å². The van der Waals surface area contributed by atoms with Crippen LogP contribution in [0.5, 0.6) is 0 Å². The van der Waals surface area contributed by atoms with Crippen molar-refractivity contribution in [1.29, 1.82) is 0 Å². The minimum absolute atomic E-state index is 0.190. The highest BCUT2D eigenvalue weighted by Gasteiger charge is 2.33. The summed E-state index contributed by atoms with van der Waals surface area (Å²) in [4.78, 5) is 8.88. The highest BCUT2D eigenvalue weighted by Crippen LogP contribution is 2.37. The number of fused-ring (bicyclic) bond motifs is 1. The van der Waals surface area contributed by atoms with E-state index < -0.39 is 24.9 Å². The Morgan fingerprint density at radius 3 is 2.38 bits per heavy atom. The third-order valence-corrected chi connectivity index (χ3v) is 6.44. The number of hydrogen-bond donors (Lipinski definition) is 1. The van der Waals surface area contributed by atoms with Crippen molar-refractivity contribution >= 4 is 29.2 Å². The summed E-state index contributed by atoms with van der Waals surface area (Å²) >= 11 is 0. The molecule has 1 N–H and O–H groups in total. The number of hydrogen-bond acceptors (Lipinski definition) is 4. The number of halogens is 3. The van der Waals surface area contributed by atoms with E-state index in [9.17, 15) is 17.7 Å². The zero-order chi connectivity index (χ0) is 21.6. The molecule has 1 atom stereocenters. The number of aryl methyl sites for hydroxylation is 1. The van der Waals surface area contributed by atoms with Crippen molar-refractivity contribution in [2.75, 3.05) is 18.6 Å². The van der Waals surface area contributed by atoms with E-state index in [0.29, 0.717) is 22.7 Å². The number of alkyl halides is 3. The Kier molecular flexibility index (Phi) is 5.48. The molecule has 0 saturated carbocycles. The molecule has 0 bridgehead atoms. The molecule has 0 amide bonds. The first-order valence-electron chi connectivity index (χ1n) is 9.15. The van der Waals surface area contributed by atoms with Crippen molar-refractivity contribution in [3.63, 3.8) is 0 Å². The summed E-state index contributed by atoms with van der Waals surface area (Å²) in [5, 5.41) is 4.68. The van der Waals surface area contributed by atoms with Crippen LogP contribution in [0.15, 0.2) is 36.4 Å². The van der Waals surface area contributed by atoms with Crippen molar-refractivity contribution in [1.82, 2.24) is 9.97 Å². The number of rotatable bonds is 4. The molecule has 1 aromatic heterocycles. The predicted octanol–water partition coefficient (Wildman–Crippen LogP) is 5.69. The van der Waals surface area contributed by atoms with Crippen LogP contribution in [0.2, 0.25) is 0 Å². The SMILES string of the molecule is Cc1nc(N[C@H](C)c2cccc(C(F)(F)F)c2C)c2ccc(P(C)(C)=O)cc2n1. The van der Waals surface area contributed by atoms with Crippen molar-refractivity contribution in [2.45, 2.75) is 33.0 Å². The number of aromatic nitrogens is 2. The molecule has 0 fully saturated rings. The summed E-state index contributed by atoms with van der Waals surface area (Å²) in [6.45, 7) is 8.41. The smallest absolute Gasteiger partial charge is 0.363 e. The van der Waals surface area contributed by atoms with Gasteiger partial charge in [-0.3, -0.25) is 0 Å². The lowest BCUT2D eigenvalue weighted by Gasteiger charge is -2.21. The maximum atomic E-state index is 13.3. The number of nitrogens with one attached hydrogen (secondary N) is 1. The van der Waals surface area contributed by atoms with Crippen molar-refractivity contribution < 1.29 is 17.7 Å². The first kappa shape index (κ1) is 21.3. The standard InChI is InChI=1S/C21H23F3N3OP/c1-12-16(7-6-8-18(12)21(22,23)24)13(2)25-20-17-10-9-15(29(4,5)28)11-19(17)26-14(3)27-20/h6-11,13H,1-5H3,(H,25,26,27)/t13-/m1/s1. The molecule has 0 spiro atoms. The monoisotopic (exact) mass is 421 g/mol. The fourth-order valence-electron chi connectivity index (χ4n) is 3.39. The van der Waals surface area contributed by atoms with Crippen LogP contribution in [0.1, 0.15) is 35.5 Å². The first-order chi connectivity index (χ1) is 13.4. The molecular formula is C21H23F3N3OP. The maximum absolute atomic E-state index is 13.3. The van der Waals surface area contributed by atoms with Crippen LogP contribution < -0.4 is 10.6 Å². The fraction of sp³-hybridized carbons (Fsp3) is 0.333. The Morgan fingerprint density at radius 1 is 1.07 bits per heavy atom. The molecule has 29 heavy (non-hydrogen) atoms. The number of anilines is 1. The Balaban J connectivity index is 2.03. The topological polar surface area (TPSA) is 54.9 Å². The fourth-order valence-corrected chi connectivity index (χ4v) is 4.26. The molecule has 8 heteroatoms. The molecule has 1 heterocycles. The first-order valence-corrected chi connectivity index (χ1v) is 11.7. The zero-order valence-electron chi connectivity index (χ0n) is 16.9. The Hall–Kier alpha value is -2.40. The molecule has 4 nitrogen and oxygen atoms in total. The summed E-state index contributed by atoms with van der Waals surface area (Å²) in [7, 11) is -2.44. The molecule has 0 unspecified atom stereocenters. The second-order valence-electron chi connectivity index (χ2n) is 7.56. The van der Waals surface area contributed by atoms with Crippen LogP contribution in [0.3, 0.4) is 0 Å². The van der Waals surface area contributed by atoms with Gasteiger partial charge < -0.3 is 9.88 Å². The molecule has 0 radical (unpaired) electrons. The summed E-state index contributed by atoms with van der Waals surface area (Å²) < 4.78 is 52.1. The van der Waals surface area contributed by atoms with Gasteiger partial charge in [0.25, 0.3) is 0 Å². The second kappa shape index (κ2) is 7.45. The molecular weight excluding hydrogens is 398 g/mol. The summed E-state index contributed by atoms with van der Waals surface area (Å²) in [6, 6.07) is 9.16. The Labute approximate surface area is 168 Å². The van der Waals surface area contributed by atoms with Crippen LogP contribution >= 0.6 is 7.14 Å². The van der Waals surface area contributed by atoms with Gasteiger partial charge in [-0.25, -0.2) is 9.97 Å². The normalized spacial score (nSPS) is 13.5. The largest absolute Gasteiger partial charge is 0.416 e. The third kappa shape index (κ3) is 4.45. The molecule has 0 aliphatic carbocycles. The molecule has 0 aliphatic heterocycles. The zero-order valence-corrected chi connectivity index (χ0v) is 17.8. The average molecular weight is 421 g/mol. The van der Waals surface area contributed by atoms with Crippen LogP contribution in [0.25, 0.3) is 10.9 Å². The van der Waals surface area contributed by atoms with Gasteiger partial charge in [-0.1, -0.05) is 18.2 Å². The molecule has 3 aromatic rings. The summed E-state index contributed by atoms with van der Waals surface area (Å²) in [5.41, 5.74) is 0.746. The number of nitrogens with zero attached hydrogens (tertiary/aromatic N) is 2. The van der Waals surface area contributed by atoms with Gasteiger partial charge in [0.05, 0.1) is 17.1 Å². The highest BCUT2D eigenvalue weighted by atomic mass is 31.2. The summed E-state index contributed by atoms with van der Waals surface area (Å²) in [5.74, 6) is 1.05. The average Bonchev–Trinajstić information content (AvgIpc) is 2.59. The molecule has 2 aromatic carbocycles. The highest BCUT2D eigenvalue weighted by molar-refractivity contribution is 7.70. The van der Waals surface area contributed by atoms with Crippen LogP contribution in [-0.4, -0.2) is 23.3 Å². The van der Waals surface area contributed by atoms with E-state index in [2.05, 4.69) is 15.3 Å². The Bertz CT molecular complexity index is 1120. The van der Waals surface area contributed by atoms with Gasteiger partial charge in [0.15, 0.2) is 0 Å². The van der Waals surface area contributed by atoms with Gasteiger partial charge in [-0.05, 0) is 63.4 Å². The maximum Gasteiger partial charge on any atom is 0.416 e. The lowest BCUT2D eigenvalue weighted by Crippen LogP contribution is -2.15. The van der Waals surface area contributed by atoms with E-state index in [1.54, 1.807) is 51.4 Å². The van der Waals surface area contributed by atoms with E-state index in [0.717, 1.165) is 16.8 Å².